The molecule has 0 bridgehead atoms. The molecular weight excluding hydrogens is 274 g/mol. The average molecular weight is 295 g/mol. The van der Waals surface area contributed by atoms with Gasteiger partial charge in [0.1, 0.15) is 6.04 Å². The van der Waals surface area contributed by atoms with Gasteiger partial charge in [0.25, 0.3) is 0 Å². The van der Waals surface area contributed by atoms with Gasteiger partial charge in [-0.1, -0.05) is 30.3 Å². The molecule has 1 fully saturated rings. The molecule has 1 saturated heterocycles. The van der Waals surface area contributed by atoms with Crippen molar-refractivity contribution in [2.24, 2.45) is 11.5 Å². The molecule has 0 unspecified atom stereocenters. The molecule has 7 nitrogen and oxygen atoms in total. The topological polar surface area (TPSA) is 119 Å². The Balaban J connectivity index is 0.000000219. The Morgan fingerprint density at radius 3 is 2.24 bits per heavy atom. The summed E-state index contributed by atoms with van der Waals surface area (Å²) in [5, 5.41) is 8.52. The lowest BCUT2D eigenvalue weighted by molar-refractivity contribution is -0.138. The fourth-order valence-electron chi connectivity index (χ4n) is 1.74. The van der Waals surface area contributed by atoms with Crippen LogP contribution in [0.4, 0.5) is 4.79 Å². The summed E-state index contributed by atoms with van der Waals surface area (Å²) in [6, 6.07) is 8.19. The minimum atomic E-state index is -0.959. The van der Waals surface area contributed by atoms with Gasteiger partial charge in [-0.25, -0.2) is 4.79 Å². The minimum Gasteiger partial charge on any atom is -0.480 e. The van der Waals surface area contributed by atoms with Crippen molar-refractivity contribution in [3.8, 4) is 0 Å². The Morgan fingerprint density at radius 2 is 1.81 bits per heavy atom. The largest absolute Gasteiger partial charge is 0.480 e. The van der Waals surface area contributed by atoms with Gasteiger partial charge in [0.05, 0.1) is 13.2 Å². The number of ether oxygens (including phenoxy) is 1. The maximum absolute atomic E-state index is 10.4. The molecule has 1 heterocycles. The molecule has 2 amide bonds. The van der Waals surface area contributed by atoms with Crippen LogP contribution in [0.25, 0.3) is 0 Å². The number of aliphatic carboxylic acids is 1. The zero-order chi connectivity index (χ0) is 15.7. The standard InChI is InChI=1S/C9H11NO2.C5H10N2O2/c10-8(9(11)12)6-7-4-2-1-3-5-7;6-5(8)7-1-3-9-4-2-7/h1-5,8H,6,10H2,(H,11,12);1-4H2,(H2,6,8)/t8-;/m0./s1. The third-order valence-corrected chi connectivity index (χ3v) is 2.94. The lowest BCUT2D eigenvalue weighted by atomic mass is 10.1. The van der Waals surface area contributed by atoms with Crippen LogP contribution in [-0.4, -0.2) is 54.4 Å². The van der Waals surface area contributed by atoms with Crippen molar-refractivity contribution in [1.29, 1.82) is 0 Å². The number of hydrogen-bond acceptors (Lipinski definition) is 4. The van der Waals surface area contributed by atoms with Crippen molar-refractivity contribution < 1.29 is 19.4 Å². The Bertz CT molecular complexity index is 447. The lowest BCUT2D eigenvalue weighted by Gasteiger charge is -2.24. The van der Waals surface area contributed by atoms with Gasteiger partial charge in [-0.05, 0) is 12.0 Å². The summed E-state index contributed by atoms with van der Waals surface area (Å²) >= 11 is 0. The predicted octanol–water partition coefficient (Wildman–Crippen LogP) is 0.0383. The molecule has 1 aromatic carbocycles. The van der Waals surface area contributed by atoms with Gasteiger partial charge in [-0.2, -0.15) is 0 Å². The Morgan fingerprint density at radius 1 is 1.24 bits per heavy atom. The maximum atomic E-state index is 10.4. The highest BCUT2D eigenvalue weighted by molar-refractivity contribution is 5.73. The fourth-order valence-corrected chi connectivity index (χ4v) is 1.74. The van der Waals surface area contributed by atoms with Crippen molar-refractivity contribution in [3.05, 3.63) is 35.9 Å². The van der Waals surface area contributed by atoms with Gasteiger partial charge in [0, 0.05) is 13.1 Å². The summed E-state index contributed by atoms with van der Waals surface area (Å²) < 4.78 is 5.00. The molecule has 0 aromatic heterocycles. The number of benzene rings is 1. The third kappa shape index (κ3) is 6.73. The van der Waals surface area contributed by atoms with Crippen LogP contribution in [0.1, 0.15) is 5.56 Å². The molecule has 1 aromatic rings. The third-order valence-electron chi connectivity index (χ3n) is 2.94. The summed E-state index contributed by atoms with van der Waals surface area (Å²) in [5.41, 5.74) is 11.3. The molecular formula is C14H21N3O4. The molecule has 0 saturated carbocycles. The van der Waals surface area contributed by atoms with Crippen molar-refractivity contribution in [1.82, 2.24) is 4.90 Å². The Kier molecular flexibility index (Phi) is 7.20. The number of hydrogen-bond donors (Lipinski definition) is 3. The first-order valence-electron chi connectivity index (χ1n) is 6.65. The first-order valence-corrected chi connectivity index (χ1v) is 6.65. The van der Waals surface area contributed by atoms with Gasteiger partial charge >= 0.3 is 12.0 Å². The van der Waals surface area contributed by atoms with E-state index in [0.717, 1.165) is 5.56 Å². The van der Waals surface area contributed by atoms with Crippen molar-refractivity contribution in [3.63, 3.8) is 0 Å². The number of amides is 2. The second kappa shape index (κ2) is 8.93. The second-order valence-corrected chi connectivity index (χ2v) is 4.57. The quantitative estimate of drug-likeness (QED) is 0.727. The second-order valence-electron chi connectivity index (χ2n) is 4.57. The van der Waals surface area contributed by atoms with Gasteiger partial charge in [0.2, 0.25) is 0 Å². The highest BCUT2D eigenvalue weighted by Gasteiger charge is 2.12. The highest BCUT2D eigenvalue weighted by atomic mass is 16.5. The number of rotatable bonds is 3. The first kappa shape index (κ1) is 16.9. The molecule has 21 heavy (non-hydrogen) atoms. The predicted molar refractivity (Wildman–Crippen MR) is 77.7 cm³/mol. The fraction of sp³-hybridized carbons (Fsp3) is 0.429. The molecule has 7 heteroatoms. The highest BCUT2D eigenvalue weighted by Crippen LogP contribution is 2.01. The van der Waals surface area contributed by atoms with E-state index in [-0.39, 0.29) is 6.03 Å². The van der Waals surface area contributed by atoms with E-state index in [1.807, 2.05) is 30.3 Å². The normalized spacial score (nSPS) is 15.6. The van der Waals surface area contributed by atoms with Gasteiger partial charge in [-0.15, -0.1) is 0 Å². The molecule has 0 spiro atoms. The maximum Gasteiger partial charge on any atom is 0.320 e. The van der Waals surface area contributed by atoms with Crippen molar-refractivity contribution >= 4 is 12.0 Å². The molecule has 116 valence electrons. The van der Waals surface area contributed by atoms with Crippen LogP contribution in [0.15, 0.2) is 30.3 Å². The summed E-state index contributed by atoms with van der Waals surface area (Å²) in [6.45, 7) is 2.50. The number of carboxylic acids is 1. The van der Waals surface area contributed by atoms with Crippen molar-refractivity contribution in [2.75, 3.05) is 26.3 Å². The van der Waals surface area contributed by atoms with Crippen LogP contribution < -0.4 is 11.5 Å². The summed E-state index contributed by atoms with van der Waals surface area (Å²) in [6.07, 6.45) is 0.385. The zero-order valence-electron chi connectivity index (χ0n) is 11.8. The van der Waals surface area contributed by atoms with Crippen molar-refractivity contribution in [2.45, 2.75) is 12.5 Å². The number of morpholine rings is 1. The molecule has 5 N–H and O–H groups in total. The lowest BCUT2D eigenvalue weighted by Crippen LogP contribution is -2.43. The summed E-state index contributed by atoms with van der Waals surface area (Å²) in [5.74, 6) is -0.959. The smallest absolute Gasteiger partial charge is 0.320 e. The van der Waals surface area contributed by atoms with Crippen LogP contribution >= 0.6 is 0 Å². The molecule has 0 aliphatic carbocycles. The van der Waals surface area contributed by atoms with Crippen LogP contribution in [0.5, 0.6) is 0 Å². The SMILES string of the molecule is NC(=O)N1CCOCC1.N[C@@H](Cc1ccccc1)C(=O)O. The molecule has 1 aliphatic rings. The zero-order valence-corrected chi connectivity index (χ0v) is 11.8. The first-order chi connectivity index (χ1) is 10.0. The van der Waals surface area contributed by atoms with Crippen LogP contribution in [-0.2, 0) is 16.0 Å². The number of carbonyl (C=O) groups excluding carboxylic acids is 1. The molecule has 1 aliphatic heterocycles. The van der Waals surface area contributed by atoms with E-state index in [9.17, 15) is 9.59 Å². The number of primary amides is 1. The van der Waals surface area contributed by atoms with Crippen LogP contribution in [0.2, 0.25) is 0 Å². The van der Waals surface area contributed by atoms with Gasteiger partial charge in [0.15, 0.2) is 0 Å². The number of nitrogens with two attached hydrogens (primary N) is 2. The number of urea groups is 1. The molecule has 0 radical (unpaired) electrons. The van der Waals surface area contributed by atoms with E-state index in [2.05, 4.69) is 0 Å². The Hall–Kier alpha value is -2.12. The molecule has 1 atom stereocenters. The van der Waals surface area contributed by atoms with E-state index in [4.69, 9.17) is 21.3 Å². The van der Waals surface area contributed by atoms with Gasteiger partial charge in [-0.3, -0.25) is 4.79 Å². The number of carbonyl (C=O) groups is 2. The van der Waals surface area contributed by atoms with E-state index < -0.39 is 12.0 Å². The van der Waals surface area contributed by atoms with Gasteiger partial charge < -0.3 is 26.2 Å². The number of nitrogens with zero attached hydrogens (tertiary/aromatic N) is 1. The van der Waals surface area contributed by atoms with Crippen LogP contribution in [0, 0.1) is 0 Å². The minimum absolute atomic E-state index is 0.349. The van der Waals surface area contributed by atoms with E-state index in [0.29, 0.717) is 32.7 Å². The van der Waals surface area contributed by atoms with E-state index in [1.165, 1.54) is 0 Å². The van der Waals surface area contributed by atoms with E-state index in [1.54, 1.807) is 4.90 Å². The van der Waals surface area contributed by atoms with Crippen LogP contribution in [0.3, 0.4) is 0 Å². The Labute approximate surface area is 123 Å². The summed E-state index contributed by atoms with van der Waals surface area (Å²) in [7, 11) is 0. The van der Waals surface area contributed by atoms with E-state index >= 15 is 0 Å². The molecule has 2 rings (SSSR count). The number of carboxylic acid groups (broad SMARTS) is 1. The average Bonchev–Trinajstić information content (AvgIpc) is 2.49. The summed E-state index contributed by atoms with van der Waals surface area (Å²) in [4.78, 5) is 22.4. The monoisotopic (exact) mass is 295 g/mol.